The van der Waals surface area contributed by atoms with Crippen LogP contribution in [0.4, 0.5) is 0 Å². The van der Waals surface area contributed by atoms with Gasteiger partial charge in [-0.25, -0.2) is 0 Å². The third-order valence-electron chi connectivity index (χ3n) is 3.35. The molecule has 2 N–H and O–H groups in total. The number of carboxylic acid groups (broad SMARTS) is 1. The van der Waals surface area contributed by atoms with Crippen LogP contribution in [0.2, 0.25) is 5.02 Å². The number of nitrogens with one attached hydrogen (secondary N) is 1. The molecule has 0 fully saturated rings. The smallest absolute Gasteiger partial charge is 0.312 e. The predicted octanol–water partition coefficient (Wildman–Crippen LogP) is 3.34. The van der Waals surface area contributed by atoms with Crippen molar-refractivity contribution in [1.82, 2.24) is 5.32 Å². The lowest BCUT2D eigenvalue weighted by Gasteiger charge is -2.13. The van der Waals surface area contributed by atoms with Crippen LogP contribution >= 0.6 is 11.6 Å². The van der Waals surface area contributed by atoms with Crippen LogP contribution in [0.25, 0.3) is 0 Å². The van der Waals surface area contributed by atoms with E-state index in [1.54, 1.807) is 0 Å². The first-order valence-electron chi connectivity index (χ1n) is 6.90. The third-order valence-corrected chi connectivity index (χ3v) is 3.60. The molecule has 1 atom stereocenters. The molecular weight excluding hydrogens is 286 g/mol. The minimum absolute atomic E-state index is 0.424. The molecule has 0 heterocycles. The lowest BCUT2D eigenvalue weighted by molar-refractivity contribution is -0.138. The minimum Gasteiger partial charge on any atom is -0.481 e. The van der Waals surface area contributed by atoms with E-state index in [1.807, 2.05) is 54.6 Å². The van der Waals surface area contributed by atoms with E-state index >= 15 is 0 Å². The van der Waals surface area contributed by atoms with Crippen LogP contribution < -0.4 is 5.32 Å². The Morgan fingerprint density at radius 1 is 1.10 bits per heavy atom. The summed E-state index contributed by atoms with van der Waals surface area (Å²) < 4.78 is 0. The van der Waals surface area contributed by atoms with Crippen molar-refractivity contribution >= 4 is 17.6 Å². The second-order valence-corrected chi connectivity index (χ2v) is 5.32. The normalized spacial score (nSPS) is 12.0. The molecule has 1 unspecified atom stereocenters. The summed E-state index contributed by atoms with van der Waals surface area (Å²) >= 11 is 5.84. The summed E-state index contributed by atoms with van der Waals surface area (Å²) in [6.45, 7) is 1.16. The van der Waals surface area contributed by atoms with Crippen LogP contribution in [0.3, 0.4) is 0 Å². The van der Waals surface area contributed by atoms with Crippen molar-refractivity contribution < 1.29 is 9.90 Å². The van der Waals surface area contributed by atoms with E-state index in [9.17, 15) is 9.90 Å². The molecule has 3 nitrogen and oxygen atoms in total. The van der Waals surface area contributed by atoms with Gasteiger partial charge in [-0.2, -0.15) is 0 Å². The van der Waals surface area contributed by atoms with Crippen molar-refractivity contribution in [3.8, 4) is 0 Å². The number of halogens is 1. The Morgan fingerprint density at radius 2 is 1.76 bits per heavy atom. The van der Waals surface area contributed by atoms with E-state index in [0.29, 0.717) is 6.54 Å². The number of carboxylic acids is 1. The molecule has 0 aromatic heterocycles. The molecular formula is C17H18ClNO2. The average Bonchev–Trinajstić information content (AvgIpc) is 2.49. The zero-order valence-corrected chi connectivity index (χ0v) is 12.4. The Balaban J connectivity index is 1.83. The number of hydrogen-bond donors (Lipinski definition) is 2. The van der Waals surface area contributed by atoms with Gasteiger partial charge < -0.3 is 10.4 Å². The van der Waals surface area contributed by atoms with Gasteiger partial charge in [0.25, 0.3) is 0 Å². The van der Waals surface area contributed by atoms with Crippen LogP contribution in [0, 0.1) is 0 Å². The average molecular weight is 304 g/mol. The van der Waals surface area contributed by atoms with Gasteiger partial charge >= 0.3 is 5.97 Å². The van der Waals surface area contributed by atoms with Crippen molar-refractivity contribution in [2.75, 3.05) is 13.1 Å². The summed E-state index contributed by atoms with van der Waals surface area (Å²) in [5, 5.41) is 13.3. The second-order valence-electron chi connectivity index (χ2n) is 4.88. The van der Waals surface area contributed by atoms with Crippen LogP contribution in [0.15, 0.2) is 54.6 Å². The van der Waals surface area contributed by atoms with Gasteiger partial charge in [-0.05, 0) is 36.2 Å². The summed E-state index contributed by atoms with van der Waals surface area (Å²) in [4.78, 5) is 11.3. The maximum Gasteiger partial charge on any atom is 0.312 e. The molecule has 4 heteroatoms. The lowest BCUT2D eigenvalue weighted by atomic mass is 9.99. The Labute approximate surface area is 129 Å². The second kappa shape index (κ2) is 7.81. The highest BCUT2D eigenvalue weighted by atomic mass is 35.5. The van der Waals surface area contributed by atoms with Gasteiger partial charge in [-0.3, -0.25) is 4.79 Å². The minimum atomic E-state index is -0.805. The standard InChI is InChI=1S/C17H18ClNO2/c18-15-8-6-13(7-9-15)10-11-19-12-16(17(20)21)14-4-2-1-3-5-14/h1-9,16,19H,10-12H2,(H,20,21). The Hall–Kier alpha value is -1.84. The Kier molecular flexibility index (Phi) is 5.78. The first kappa shape index (κ1) is 15.5. The van der Waals surface area contributed by atoms with Crippen molar-refractivity contribution in [3.63, 3.8) is 0 Å². The third kappa shape index (κ3) is 4.88. The zero-order chi connectivity index (χ0) is 15.1. The molecule has 0 saturated heterocycles. The molecule has 2 rings (SSSR count). The highest BCUT2D eigenvalue weighted by Gasteiger charge is 2.18. The largest absolute Gasteiger partial charge is 0.481 e. The summed E-state index contributed by atoms with van der Waals surface area (Å²) in [7, 11) is 0. The molecule has 21 heavy (non-hydrogen) atoms. The summed E-state index contributed by atoms with van der Waals surface area (Å²) in [5.74, 6) is -1.32. The first-order valence-corrected chi connectivity index (χ1v) is 7.27. The number of carbonyl (C=O) groups is 1. The number of rotatable bonds is 7. The fraction of sp³-hybridized carbons (Fsp3) is 0.235. The fourth-order valence-corrected chi connectivity index (χ4v) is 2.29. The molecule has 110 valence electrons. The summed E-state index contributed by atoms with van der Waals surface area (Å²) in [6.07, 6.45) is 0.846. The molecule has 0 aliphatic carbocycles. The van der Waals surface area contributed by atoms with Crippen molar-refractivity contribution in [3.05, 3.63) is 70.7 Å². The maximum atomic E-state index is 11.3. The number of benzene rings is 2. The van der Waals surface area contributed by atoms with Gasteiger partial charge in [-0.1, -0.05) is 54.1 Å². The number of aliphatic carboxylic acids is 1. The molecule has 0 amide bonds. The van der Waals surface area contributed by atoms with Crippen LogP contribution in [0.5, 0.6) is 0 Å². The van der Waals surface area contributed by atoms with E-state index in [0.717, 1.165) is 23.6 Å². The van der Waals surface area contributed by atoms with E-state index < -0.39 is 11.9 Å². The van der Waals surface area contributed by atoms with Crippen molar-refractivity contribution in [2.24, 2.45) is 0 Å². The monoisotopic (exact) mass is 303 g/mol. The molecule has 2 aromatic rings. The van der Waals surface area contributed by atoms with Crippen molar-refractivity contribution in [2.45, 2.75) is 12.3 Å². The van der Waals surface area contributed by atoms with E-state index in [4.69, 9.17) is 11.6 Å². The van der Waals surface area contributed by atoms with Gasteiger partial charge in [0.1, 0.15) is 0 Å². The molecule has 0 bridgehead atoms. The van der Waals surface area contributed by atoms with E-state index in [-0.39, 0.29) is 0 Å². The molecule has 0 aliphatic rings. The quantitative estimate of drug-likeness (QED) is 0.771. The first-order chi connectivity index (χ1) is 10.2. The molecule has 0 aliphatic heterocycles. The molecule has 0 spiro atoms. The predicted molar refractivity (Wildman–Crippen MR) is 84.8 cm³/mol. The molecule has 0 radical (unpaired) electrons. The van der Waals surface area contributed by atoms with E-state index in [2.05, 4.69) is 5.32 Å². The topological polar surface area (TPSA) is 49.3 Å². The highest BCUT2D eigenvalue weighted by molar-refractivity contribution is 6.30. The number of hydrogen-bond acceptors (Lipinski definition) is 2. The van der Waals surface area contributed by atoms with Crippen LogP contribution in [-0.4, -0.2) is 24.2 Å². The van der Waals surface area contributed by atoms with Gasteiger partial charge in [0.15, 0.2) is 0 Å². The van der Waals surface area contributed by atoms with Gasteiger partial charge in [0.05, 0.1) is 5.92 Å². The highest BCUT2D eigenvalue weighted by Crippen LogP contribution is 2.15. The molecule has 2 aromatic carbocycles. The fourth-order valence-electron chi connectivity index (χ4n) is 2.16. The van der Waals surface area contributed by atoms with Crippen LogP contribution in [0.1, 0.15) is 17.0 Å². The van der Waals surface area contributed by atoms with E-state index in [1.165, 1.54) is 5.56 Å². The van der Waals surface area contributed by atoms with Crippen LogP contribution in [-0.2, 0) is 11.2 Å². The Bertz CT molecular complexity index is 569. The van der Waals surface area contributed by atoms with Gasteiger partial charge in [0.2, 0.25) is 0 Å². The van der Waals surface area contributed by atoms with Gasteiger partial charge in [0, 0.05) is 11.6 Å². The zero-order valence-electron chi connectivity index (χ0n) is 11.6. The Morgan fingerprint density at radius 3 is 2.38 bits per heavy atom. The maximum absolute atomic E-state index is 11.3. The van der Waals surface area contributed by atoms with Crippen molar-refractivity contribution in [1.29, 1.82) is 0 Å². The molecule has 0 saturated carbocycles. The summed E-state index contributed by atoms with van der Waals surface area (Å²) in [5.41, 5.74) is 2.00. The lowest BCUT2D eigenvalue weighted by Crippen LogP contribution is -2.28. The summed E-state index contributed by atoms with van der Waals surface area (Å²) in [6, 6.07) is 17.0. The van der Waals surface area contributed by atoms with Gasteiger partial charge in [-0.15, -0.1) is 0 Å². The SMILES string of the molecule is O=C(O)C(CNCCc1ccc(Cl)cc1)c1ccccc1.